The number of hydrogen-bond donors (Lipinski definition) is 1. The number of aliphatic hydroxyl groups is 1. The van der Waals surface area contributed by atoms with Crippen LogP contribution in [-0.4, -0.2) is 12.2 Å². The summed E-state index contributed by atoms with van der Waals surface area (Å²) in [5.41, 5.74) is 0.946. The average molecular weight is 287 g/mol. The Kier molecular flexibility index (Phi) is 5.29. The van der Waals surface area contributed by atoms with E-state index in [-0.39, 0.29) is 0 Å². The molecule has 0 aliphatic heterocycles. The molecule has 2 nitrogen and oxygen atoms in total. The van der Waals surface area contributed by atoms with E-state index in [2.05, 4.69) is 29.8 Å². The van der Waals surface area contributed by atoms with Crippen molar-refractivity contribution in [1.29, 1.82) is 0 Å². The van der Waals surface area contributed by atoms with Crippen LogP contribution in [0.3, 0.4) is 0 Å². The number of aliphatic hydroxyl groups excluding tert-OH is 1. The van der Waals surface area contributed by atoms with Crippen molar-refractivity contribution in [2.75, 3.05) is 7.11 Å². The lowest BCUT2D eigenvalue weighted by atomic mass is 9.91. The third kappa shape index (κ3) is 2.98. The second-order valence-electron chi connectivity index (χ2n) is 3.92. The zero-order chi connectivity index (χ0) is 12.1. The second kappa shape index (κ2) is 6.26. The van der Waals surface area contributed by atoms with Crippen LogP contribution in [0, 0.1) is 5.92 Å². The third-order valence-corrected chi connectivity index (χ3v) is 3.63. The molecule has 0 aromatic heterocycles. The largest absolute Gasteiger partial charge is 0.496 e. The van der Waals surface area contributed by atoms with Crippen molar-refractivity contribution in [2.45, 2.75) is 32.8 Å². The van der Waals surface area contributed by atoms with Gasteiger partial charge in [0.2, 0.25) is 0 Å². The molecule has 0 radical (unpaired) electrons. The fourth-order valence-corrected chi connectivity index (χ4v) is 2.43. The molecule has 1 N–H and O–H groups in total. The molecule has 0 fully saturated rings. The highest BCUT2D eigenvalue weighted by Crippen LogP contribution is 2.32. The maximum absolute atomic E-state index is 10.2. The van der Waals surface area contributed by atoms with Gasteiger partial charge in [0.05, 0.1) is 17.7 Å². The smallest absolute Gasteiger partial charge is 0.133 e. The summed E-state index contributed by atoms with van der Waals surface area (Å²) in [7, 11) is 1.64. The van der Waals surface area contributed by atoms with Crippen LogP contribution in [0.4, 0.5) is 0 Å². The minimum Gasteiger partial charge on any atom is -0.496 e. The Labute approximate surface area is 106 Å². The molecule has 1 aromatic carbocycles. The minimum atomic E-state index is -0.391. The highest BCUT2D eigenvalue weighted by molar-refractivity contribution is 9.10. The average Bonchev–Trinajstić information content (AvgIpc) is 2.30. The molecule has 0 spiro atoms. The van der Waals surface area contributed by atoms with Crippen molar-refractivity contribution in [3.05, 3.63) is 28.2 Å². The summed E-state index contributed by atoms with van der Waals surface area (Å²) in [6.45, 7) is 4.21. The van der Waals surface area contributed by atoms with E-state index < -0.39 is 6.10 Å². The molecular weight excluding hydrogens is 268 g/mol. The molecular formula is C13H19BrO2. The van der Waals surface area contributed by atoms with Crippen molar-refractivity contribution < 1.29 is 9.84 Å². The number of rotatable bonds is 5. The lowest BCUT2D eigenvalue weighted by molar-refractivity contribution is 0.103. The number of methoxy groups -OCH3 is 1. The Morgan fingerprint density at radius 1 is 1.31 bits per heavy atom. The van der Waals surface area contributed by atoms with Gasteiger partial charge in [-0.25, -0.2) is 0 Å². The molecule has 1 unspecified atom stereocenters. The molecule has 3 heteroatoms. The van der Waals surface area contributed by atoms with E-state index in [0.29, 0.717) is 5.92 Å². The van der Waals surface area contributed by atoms with Crippen molar-refractivity contribution in [1.82, 2.24) is 0 Å². The van der Waals surface area contributed by atoms with Gasteiger partial charge < -0.3 is 9.84 Å². The van der Waals surface area contributed by atoms with E-state index in [4.69, 9.17) is 4.74 Å². The van der Waals surface area contributed by atoms with Crippen LogP contribution < -0.4 is 4.74 Å². The Morgan fingerprint density at radius 2 is 1.94 bits per heavy atom. The highest BCUT2D eigenvalue weighted by atomic mass is 79.9. The maximum Gasteiger partial charge on any atom is 0.133 e. The van der Waals surface area contributed by atoms with Crippen LogP contribution in [0.1, 0.15) is 38.4 Å². The van der Waals surface area contributed by atoms with E-state index in [1.807, 2.05) is 18.2 Å². The Bertz CT molecular complexity index is 335. The monoisotopic (exact) mass is 286 g/mol. The summed E-state index contributed by atoms with van der Waals surface area (Å²) in [4.78, 5) is 0. The predicted octanol–water partition coefficient (Wildman–Crippen LogP) is 3.93. The van der Waals surface area contributed by atoms with Gasteiger partial charge in [0.25, 0.3) is 0 Å². The summed E-state index contributed by atoms with van der Waals surface area (Å²) < 4.78 is 6.05. The summed E-state index contributed by atoms with van der Waals surface area (Å²) in [6, 6.07) is 5.74. The molecule has 0 saturated heterocycles. The molecule has 0 amide bonds. The summed E-state index contributed by atoms with van der Waals surface area (Å²) in [5, 5.41) is 10.2. The molecule has 0 aliphatic rings. The van der Waals surface area contributed by atoms with E-state index in [1.165, 1.54) is 0 Å². The Balaban J connectivity index is 2.91. The predicted molar refractivity (Wildman–Crippen MR) is 69.7 cm³/mol. The van der Waals surface area contributed by atoms with Crippen LogP contribution in [0.2, 0.25) is 0 Å². The normalized spacial score (nSPS) is 12.9. The lowest BCUT2D eigenvalue weighted by Gasteiger charge is -2.21. The van der Waals surface area contributed by atoms with Crippen molar-refractivity contribution in [2.24, 2.45) is 5.92 Å². The number of halogens is 1. The van der Waals surface area contributed by atoms with Gasteiger partial charge in [-0.2, -0.15) is 0 Å². The van der Waals surface area contributed by atoms with E-state index >= 15 is 0 Å². The van der Waals surface area contributed by atoms with Crippen LogP contribution in [-0.2, 0) is 0 Å². The first-order chi connectivity index (χ1) is 7.63. The molecule has 0 heterocycles. The number of benzene rings is 1. The van der Waals surface area contributed by atoms with Crippen LogP contribution in [0.15, 0.2) is 22.7 Å². The zero-order valence-corrected chi connectivity index (χ0v) is 11.6. The molecule has 1 rings (SSSR count). The first kappa shape index (κ1) is 13.5. The second-order valence-corrected chi connectivity index (χ2v) is 4.77. The Morgan fingerprint density at radius 3 is 2.38 bits per heavy atom. The molecule has 0 aliphatic carbocycles. The van der Waals surface area contributed by atoms with Gasteiger partial charge in [-0.15, -0.1) is 0 Å². The topological polar surface area (TPSA) is 29.5 Å². The minimum absolute atomic E-state index is 0.320. The van der Waals surface area contributed by atoms with Gasteiger partial charge in [0.1, 0.15) is 5.75 Å². The quantitative estimate of drug-likeness (QED) is 0.889. The van der Waals surface area contributed by atoms with E-state index in [1.54, 1.807) is 7.11 Å². The summed E-state index contributed by atoms with van der Waals surface area (Å²) in [5.74, 6) is 1.11. The van der Waals surface area contributed by atoms with Crippen LogP contribution >= 0.6 is 15.9 Å². The van der Waals surface area contributed by atoms with E-state index in [9.17, 15) is 5.11 Å². The third-order valence-electron chi connectivity index (χ3n) is 3.01. The van der Waals surface area contributed by atoms with Gasteiger partial charge in [0, 0.05) is 0 Å². The van der Waals surface area contributed by atoms with Gasteiger partial charge in [-0.05, 0) is 39.5 Å². The fourth-order valence-electron chi connectivity index (χ4n) is 1.87. The molecule has 90 valence electrons. The van der Waals surface area contributed by atoms with Crippen molar-refractivity contribution in [3.63, 3.8) is 0 Å². The molecule has 1 aromatic rings. The SMILES string of the molecule is CCC(CC)C(O)c1ccc(OC)c(Br)c1. The Hall–Kier alpha value is -0.540. The molecule has 0 bridgehead atoms. The molecule has 1 atom stereocenters. The van der Waals surface area contributed by atoms with Gasteiger partial charge in [-0.3, -0.25) is 0 Å². The highest BCUT2D eigenvalue weighted by Gasteiger charge is 2.18. The summed E-state index contributed by atoms with van der Waals surface area (Å²) in [6.07, 6.45) is 1.58. The number of hydrogen-bond acceptors (Lipinski definition) is 2. The van der Waals surface area contributed by atoms with Gasteiger partial charge in [0.15, 0.2) is 0 Å². The first-order valence-electron chi connectivity index (χ1n) is 5.65. The van der Waals surface area contributed by atoms with Crippen molar-refractivity contribution >= 4 is 15.9 Å². The van der Waals surface area contributed by atoms with Crippen LogP contribution in [0.25, 0.3) is 0 Å². The number of ether oxygens (including phenoxy) is 1. The standard InChI is InChI=1S/C13H19BrO2/c1-4-9(5-2)13(15)10-6-7-12(16-3)11(14)8-10/h6-9,13,15H,4-5H2,1-3H3. The zero-order valence-electron chi connectivity index (χ0n) is 10.0. The van der Waals surface area contributed by atoms with Crippen molar-refractivity contribution in [3.8, 4) is 5.75 Å². The summed E-state index contributed by atoms with van der Waals surface area (Å²) >= 11 is 3.43. The van der Waals surface area contributed by atoms with Gasteiger partial charge >= 0.3 is 0 Å². The maximum atomic E-state index is 10.2. The lowest BCUT2D eigenvalue weighted by Crippen LogP contribution is -2.10. The first-order valence-corrected chi connectivity index (χ1v) is 6.44. The van der Waals surface area contributed by atoms with Crippen LogP contribution in [0.5, 0.6) is 5.75 Å². The van der Waals surface area contributed by atoms with E-state index in [0.717, 1.165) is 28.6 Å². The van der Waals surface area contributed by atoms with Gasteiger partial charge in [-0.1, -0.05) is 32.8 Å². The fraction of sp³-hybridized carbons (Fsp3) is 0.538. The molecule has 0 saturated carbocycles. The molecule has 16 heavy (non-hydrogen) atoms.